The maximum Gasteiger partial charge on any atom is 0.253 e. The van der Waals surface area contributed by atoms with E-state index in [-0.39, 0.29) is 5.91 Å². The van der Waals surface area contributed by atoms with Gasteiger partial charge in [0.05, 0.1) is 11.1 Å². The first-order chi connectivity index (χ1) is 9.84. The molecular weight excluding hydrogens is 250 g/mol. The summed E-state index contributed by atoms with van der Waals surface area (Å²) in [6.07, 6.45) is 4.96. The molecule has 0 saturated carbocycles. The molecule has 1 amide bonds. The number of fused-ring (bicyclic) bond motifs is 1. The standard InChI is InChI=1S/C16H13N3O/c20-16(14-7-2-8-17-10-14)19-11-13-5-1-4-12-6-3-9-18-15(12)13/h1-10H,11H2,(H,19,20). The third-order valence-electron chi connectivity index (χ3n) is 3.08. The maximum absolute atomic E-state index is 12.0. The molecule has 0 atom stereocenters. The normalized spacial score (nSPS) is 10.4. The molecule has 4 nitrogen and oxygen atoms in total. The van der Waals surface area contributed by atoms with Gasteiger partial charge in [0.15, 0.2) is 0 Å². The zero-order valence-electron chi connectivity index (χ0n) is 10.8. The fourth-order valence-corrected chi connectivity index (χ4v) is 2.08. The number of nitrogens with one attached hydrogen (secondary N) is 1. The van der Waals surface area contributed by atoms with Crippen molar-refractivity contribution in [3.8, 4) is 0 Å². The van der Waals surface area contributed by atoms with Gasteiger partial charge in [-0.15, -0.1) is 0 Å². The first-order valence-electron chi connectivity index (χ1n) is 6.35. The van der Waals surface area contributed by atoms with Crippen molar-refractivity contribution in [3.63, 3.8) is 0 Å². The van der Waals surface area contributed by atoms with Crippen LogP contribution in [0.4, 0.5) is 0 Å². The number of hydrogen-bond donors (Lipinski definition) is 1. The van der Waals surface area contributed by atoms with E-state index in [4.69, 9.17) is 0 Å². The van der Waals surface area contributed by atoms with E-state index in [1.807, 2.05) is 30.3 Å². The number of rotatable bonds is 3. The predicted octanol–water partition coefficient (Wildman–Crippen LogP) is 2.56. The van der Waals surface area contributed by atoms with Crippen molar-refractivity contribution in [1.82, 2.24) is 15.3 Å². The molecule has 3 aromatic rings. The van der Waals surface area contributed by atoms with Crippen LogP contribution in [0, 0.1) is 0 Å². The van der Waals surface area contributed by atoms with Crippen LogP contribution in [0.5, 0.6) is 0 Å². The highest BCUT2D eigenvalue weighted by Crippen LogP contribution is 2.15. The topological polar surface area (TPSA) is 54.9 Å². The summed E-state index contributed by atoms with van der Waals surface area (Å²) < 4.78 is 0. The second-order valence-corrected chi connectivity index (χ2v) is 4.42. The molecule has 0 aliphatic heterocycles. The Bertz CT molecular complexity index is 736. The molecule has 98 valence electrons. The summed E-state index contributed by atoms with van der Waals surface area (Å²) in [6.45, 7) is 0.447. The van der Waals surface area contributed by atoms with Crippen molar-refractivity contribution in [3.05, 3.63) is 72.2 Å². The number of benzene rings is 1. The molecule has 2 aromatic heterocycles. The molecule has 0 fully saturated rings. The van der Waals surface area contributed by atoms with E-state index in [2.05, 4.69) is 15.3 Å². The molecule has 0 unspecified atom stereocenters. The van der Waals surface area contributed by atoms with Crippen LogP contribution in [0.3, 0.4) is 0 Å². The SMILES string of the molecule is O=C(NCc1cccc2cccnc12)c1cccnc1. The smallest absolute Gasteiger partial charge is 0.253 e. The predicted molar refractivity (Wildman–Crippen MR) is 77.2 cm³/mol. The number of pyridine rings is 2. The minimum Gasteiger partial charge on any atom is -0.348 e. The van der Waals surface area contributed by atoms with E-state index < -0.39 is 0 Å². The Balaban J connectivity index is 1.79. The van der Waals surface area contributed by atoms with Crippen molar-refractivity contribution >= 4 is 16.8 Å². The lowest BCUT2D eigenvalue weighted by Crippen LogP contribution is -2.23. The fraction of sp³-hybridized carbons (Fsp3) is 0.0625. The van der Waals surface area contributed by atoms with Gasteiger partial charge in [-0.2, -0.15) is 0 Å². The van der Waals surface area contributed by atoms with Gasteiger partial charge in [-0.3, -0.25) is 14.8 Å². The Kier molecular flexibility index (Phi) is 3.37. The first kappa shape index (κ1) is 12.3. The second kappa shape index (κ2) is 5.48. The number of para-hydroxylation sites is 1. The van der Waals surface area contributed by atoms with Crippen LogP contribution in [0.1, 0.15) is 15.9 Å². The average molecular weight is 263 g/mol. The molecule has 2 heterocycles. The number of aromatic nitrogens is 2. The minimum atomic E-state index is -0.133. The second-order valence-electron chi connectivity index (χ2n) is 4.42. The van der Waals surface area contributed by atoms with Gasteiger partial charge >= 0.3 is 0 Å². The van der Waals surface area contributed by atoms with Crippen LogP contribution >= 0.6 is 0 Å². The monoisotopic (exact) mass is 263 g/mol. The number of carbonyl (C=O) groups excluding carboxylic acids is 1. The van der Waals surface area contributed by atoms with Crippen molar-refractivity contribution in [2.75, 3.05) is 0 Å². The van der Waals surface area contributed by atoms with E-state index in [1.165, 1.54) is 0 Å². The average Bonchev–Trinajstić information content (AvgIpc) is 2.53. The summed E-state index contributed by atoms with van der Waals surface area (Å²) >= 11 is 0. The lowest BCUT2D eigenvalue weighted by atomic mass is 10.1. The van der Waals surface area contributed by atoms with Gasteiger partial charge in [0.2, 0.25) is 0 Å². The molecule has 0 aliphatic carbocycles. The van der Waals surface area contributed by atoms with Gasteiger partial charge in [0, 0.05) is 30.5 Å². The third-order valence-corrected chi connectivity index (χ3v) is 3.08. The molecule has 0 radical (unpaired) electrons. The Morgan fingerprint density at radius 2 is 1.90 bits per heavy atom. The molecule has 4 heteroatoms. The molecule has 20 heavy (non-hydrogen) atoms. The highest BCUT2D eigenvalue weighted by atomic mass is 16.1. The summed E-state index contributed by atoms with van der Waals surface area (Å²) in [4.78, 5) is 20.3. The third kappa shape index (κ3) is 2.49. The number of carbonyl (C=O) groups is 1. The molecule has 0 spiro atoms. The summed E-state index contributed by atoms with van der Waals surface area (Å²) in [5.74, 6) is -0.133. The van der Waals surface area contributed by atoms with Crippen molar-refractivity contribution < 1.29 is 4.79 Å². The fourth-order valence-electron chi connectivity index (χ4n) is 2.08. The quantitative estimate of drug-likeness (QED) is 0.790. The molecule has 1 N–H and O–H groups in total. The molecular formula is C16H13N3O. The molecule has 3 rings (SSSR count). The largest absolute Gasteiger partial charge is 0.348 e. The number of hydrogen-bond acceptors (Lipinski definition) is 3. The van der Waals surface area contributed by atoms with Gasteiger partial charge in [-0.25, -0.2) is 0 Å². The van der Waals surface area contributed by atoms with Crippen LogP contribution in [0.25, 0.3) is 10.9 Å². The van der Waals surface area contributed by atoms with E-state index in [0.717, 1.165) is 16.5 Å². The lowest BCUT2D eigenvalue weighted by molar-refractivity contribution is 0.0950. The zero-order chi connectivity index (χ0) is 13.8. The first-order valence-corrected chi connectivity index (χ1v) is 6.35. The van der Waals surface area contributed by atoms with E-state index >= 15 is 0 Å². The van der Waals surface area contributed by atoms with Crippen LogP contribution in [-0.2, 0) is 6.54 Å². The Morgan fingerprint density at radius 3 is 2.75 bits per heavy atom. The molecule has 1 aromatic carbocycles. The van der Waals surface area contributed by atoms with E-state index in [9.17, 15) is 4.79 Å². The summed E-state index contributed by atoms with van der Waals surface area (Å²) in [5, 5.41) is 3.96. The van der Waals surface area contributed by atoms with Gasteiger partial charge in [0.25, 0.3) is 5.91 Å². The van der Waals surface area contributed by atoms with E-state index in [1.54, 1.807) is 30.7 Å². The zero-order valence-corrected chi connectivity index (χ0v) is 10.8. The summed E-state index contributed by atoms with van der Waals surface area (Å²) in [6, 6.07) is 13.3. The molecule has 0 saturated heterocycles. The van der Waals surface area contributed by atoms with Gasteiger partial charge < -0.3 is 5.32 Å². The van der Waals surface area contributed by atoms with Gasteiger partial charge in [-0.1, -0.05) is 24.3 Å². The van der Waals surface area contributed by atoms with Crippen LogP contribution < -0.4 is 5.32 Å². The lowest BCUT2D eigenvalue weighted by Gasteiger charge is -2.07. The van der Waals surface area contributed by atoms with Crippen molar-refractivity contribution in [2.24, 2.45) is 0 Å². The van der Waals surface area contributed by atoms with Crippen LogP contribution in [0.15, 0.2) is 61.1 Å². The summed E-state index contributed by atoms with van der Waals surface area (Å²) in [5.41, 5.74) is 2.47. The van der Waals surface area contributed by atoms with Crippen LogP contribution in [-0.4, -0.2) is 15.9 Å². The highest BCUT2D eigenvalue weighted by molar-refractivity contribution is 5.94. The van der Waals surface area contributed by atoms with Crippen LogP contribution in [0.2, 0.25) is 0 Å². The Labute approximate surface area is 116 Å². The molecule has 0 aliphatic rings. The Morgan fingerprint density at radius 1 is 1.05 bits per heavy atom. The number of amides is 1. The highest BCUT2D eigenvalue weighted by Gasteiger charge is 2.06. The Hall–Kier alpha value is -2.75. The van der Waals surface area contributed by atoms with Gasteiger partial charge in [0.1, 0.15) is 0 Å². The van der Waals surface area contributed by atoms with Crippen molar-refractivity contribution in [2.45, 2.75) is 6.54 Å². The molecule has 0 bridgehead atoms. The van der Waals surface area contributed by atoms with E-state index in [0.29, 0.717) is 12.1 Å². The maximum atomic E-state index is 12.0. The number of nitrogens with zero attached hydrogens (tertiary/aromatic N) is 2. The summed E-state index contributed by atoms with van der Waals surface area (Å²) in [7, 11) is 0. The minimum absolute atomic E-state index is 0.133. The van der Waals surface area contributed by atoms with Gasteiger partial charge in [-0.05, 0) is 23.8 Å². The van der Waals surface area contributed by atoms with Crippen molar-refractivity contribution in [1.29, 1.82) is 0 Å².